The summed E-state index contributed by atoms with van der Waals surface area (Å²) < 4.78 is 5.09. The van der Waals surface area contributed by atoms with E-state index >= 15 is 0 Å². The highest BCUT2D eigenvalue weighted by Crippen LogP contribution is 2.28. The Morgan fingerprint density at radius 1 is 1.25 bits per heavy atom. The van der Waals surface area contributed by atoms with Gasteiger partial charge in [-0.15, -0.1) is 10.2 Å². The molecule has 0 aliphatic heterocycles. The van der Waals surface area contributed by atoms with Crippen LogP contribution in [0.2, 0.25) is 0 Å². The van der Waals surface area contributed by atoms with Crippen molar-refractivity contribution in [1.82, 2.24) is 10.2 Å². The second-order valence-corrected chi connectivity index (χ2v) is 4.17. The molecule has 0 radical (unpaired) electrons. The van der Waals surface area contributed by atoms with E-state index in [1.54, 1.807) is 7.11 Å². The summed E-state index contributed by atoms with van der Waals surface area (Å²) in [4.78, 5) is 1.92. The molecule has 0 spiro atoms. The molecule has 84 valence electrons. The second-order valence-electron chi connectivity index (χ2n) is 3.18. The fourth-order valence-corrected chi connectivity index (χ4v) is 1.87. The standard InChI is InChI=1S/C10H12N4OS/c1-14(10-13-12-9(11)16-10)7-3-5-8(15-2)6-4-7/h3-6H,1-2H3,(H2,11,12). The molecule has 2 N–H and O–H groups in total. The normalized spacial score (nSPS) is 10.1. The van der Waals surface area contributed by atoms with Crippen molar-refractivity contribution >= 4 is 27.3 Å². The summed E-state index contributed by atoms with van der Waals surface area (Å²) in [7, 11) is 3.56. The van der Waals surface area contributed by atoms with Gasteiger partial charge in [0, 0.05) is 12.7 Å². The molecule has 0 bridgehead atoms. The minimum Gasteiger partial charge on any atom is -0.497 e. The maximum Gasteiger partial charge on any atom is 0.214 e. The first-order chi connectivity index (χ1) is 7.70. The monoisotopic (exact) mass is 236 g/mol. The van der Waals surface area contributed by atoms with Gasteiger partial charge in [0.05, 0.1) is 7.11 Å². The summed E-state index contributed by atoms with van der Waals surface area (Å²) in [5.74, 6) is 0.828. The number of rotatable bonds is 3. The van der Waals surface area contributed by atoms with Crippen LogP contribution in [-0.4, -0.2) is 24.4 Å². The molecule has 0 saturated carbocycles. The number of aromatic nitrogens is 2. The van der Waals surface area contributed by atoms with Crippen molar-refractivity contribution in [2.45, 2.75) is 0 Å². The molecule has 2 aromatic rings. The Labute approximate surface area is 97.5 Å². The van der Waals surface area contributed by atoms with E-state index in [2.05, 4.69) is 10.2 Å². The third-order valence-electron chi connectivity index (χ3n) is 2.18. The van der Waals surface area contributed by atoms with Gasteiger partial charge in [-0.2, -0.15) is 0 Å². The third-order valence-corrected chi connectivity index (χ3v) is 3.01. The molecule has 2 rings (SSSR count). The number of anilines is 3. The first kappa shape index (κ1) is 10.7. The number of ether oxygens (including phenoxy) is 1. The van der Waals surface area contributed by atoms with E-state index in [9.17, 15) is 0 Å². The van der Waals surface area contributed by atoms with Gasteiger partial charge in [-0.3, -0.25) is 0 Å². The van der Waals surface area contributed by atoms with E-state index in [-0.39, 0.29) is 0 Å². The number of nitrogens with zero attached hydrogens (tertiary/aromatic N) is 3. The SMILES string of the molecule is COc1ccc(N(C)c2nnc(N)s2)cc1. The zero-order valence-electron chi connectivity index (χ0n) is 9.04. The van der Waals surface area contributed by atoms with Gasteiger partial charge < -0.3 is 15.4 Å². The van der Waals surface area contributed by atoms with Crippen molar-refractivity contribution in [3.8, 4) is 5.75 Å². The van der Waals surface area contributed by atoms with E-state index in [0.717, 1.165) is 16.6 Å². The maximum atomic E-state index is 5.54. The van der Waals surface area contributed by atoms with Crippen LogP contribution < -0.4 is 15.4 Å². The number of hydrogen-bond acceptors (Lipinski definition) is 6. The van der Waals surface area contributed by atoms with Crippen LogP contribution in [0, 0.1) is 0 Å². The molecular weight excluding hydrogens is 224 g/mol. The van der Waals surface area contributed by atoms with Crippen LogP contribution in [0.25, 0.3) is 0 Å². The van der Waals surface area contributed by atoms with Crippen LogP contribution in [0.5, 0.6) is 5.75 Å². The summed E-state index contributed by atoms with van der Waals surface area (Å²) in [5.41, 5.74) is 6.55. The predicted molar refractivity (Wildman–Crippen MR) is 65.4 cm³/mol. The molecule has 0 fully saturated rings. The van der Waals surface area contributed by atoms with Gasteiger partial charge in [-0.05, 0) is 24.3 Å². The molecule has 0 amide bonds. The molecule has 0 aliphatic carbocycles. The lowest BCUT2D eigenvalue weighted by Gasteiger charge is -2.15. The van der Waals surface area contributed by atoms with Gasteiger partial charge in [0.2, 0.25) is 10.3 Å². The Morgan fingerprint density at radius 2 is 1.94 bits per heavy atom. The molecule has 6 heteroatoms. The highest BCUT2D eigenvalue weighted by molar-refractivity contribution is 7.18. The second kappa shape index (κ2) is 4.36. The number of methoxy groups -OCH3 is 1. The summed E-state index contributed by atoms with van der Waals surface area (Å²) in [6.45, 7) is 0. The van der Waals surface area contributed by atoms with Crippen LogP contribution in [0.15, 0.2) is 24.3 Å². The Morgan fingerprint density at radius 3 is 2.44 bits per heavy atom. The van der Waals surface area contributed by atoms with Gasteiger partial charge in [-0.1, -0.05) is 11.3 Å². The van der Waals surface area contributed by atoms with Crippen molar-refractivity contribution in [1.29, 1.82) is 0 Å². The lowest BCUT2D eigenvalue weighted by atomic mass is 10.3. The summed E-state index contributed by atoms with van der Waals surface area (Å²) >= 11 is 1.35. The Bertz CT molecular complexity index is 468. The zero-order chi connectivity index (χ0) is 11.5. The van der Waals surface area contributed by atoms with Gasteiger partial charge in [-0.25, -0.2) is 0 Å². The Balaban J connectivity index is 2.23. The van der Waals surface area contributed by atoms with E-state index in [4.69, 9.17) is 10.5 Å². The zero-order valence-corrected chi connectivity index (χ0v) is 9.86. The van der Waals surface area contributed by atoms with E-state index < -0.39 is 0 Å². The molecule has 1 heterocycles. The van der Waals surface area contributed by atoms with Crippen LogP contribution in [0.1, 0.15) is 0 Å². The summed E-state index contributed by atoms with van der Waals surface area (Å²) in [5, 5.41) is 8.98. The lowest BCUT2D eigenvalue weighted by molar-refractivity contribution is 0.415. The molecule has 0 unspecified atom stereocenters. The van der Waals surface area contributed by atoms with Gasteiger partial charge in [0.25, 0.3) is 0 Å². The van der Waals surface area contributed by atoms with Crippen LogP contribution in [0.3, 0.4) is 0 Å². The number of benzene rings is 1. The van der Waals surface area contributed by atoms with Crippen molar-refractivity contribution in [3.63, 3.8) is 0 Å². The van der Waals surface area contributed by atoms with Crippen molar-refractivity contribution in [2.24, 2.45) is 0 Å². The van der Waals surface area contributed by atoms with Gasteiger partial charge in [0.1, 0.15) is 5.75 Å². The van der Waals surface area contributed by atoms with Crippen LogP contribution in [0.4, 0.5) is 16.0 Å². The highest BCUT2D eigenvalue weighted by Gasteiger charge is 2.08. The van der Waals surface area contributed by atoms with Crippen molar-refractivity contribution in [2.75, 3.05) is 24.8 Å². The van der Waals surface area contributed by atoms with E-state index in [0.29, 0.717) is 5.13 Å². The number of nitrogen functional groups attached to an aromatic ring is 1. The Hall–Kier alpha value is -1.82. The minimum atomic E-state index is 0.468. The van der Waals surface area contributed by atoms with E-state index in [1.165, 1.54) is 11.3 Å². The van der Waals surface area contributed by atoms with Gasteiger partial charge >= 0.3 is 0 Å². The fourth-order valence-electron chi connectivity index (χ4n) is 1.28. The average Bonchev–Trinajstić information content (AvgIpc) is 2.75. The summed E-state index contributed by atoms with van der Waals surface area (Å²) in [6.07, 6.45) is 0. The number of hydrogen-bond donors (Lipinski definition) is 1. The molecule has 0 aliphatic rings. The topological polar surface area (TPSA) is 64.3 Å². The lowest BCUT2D eigenvalue weighted by Crippen LogP contribution is -2.08. The fraction of sp³-hybridized carbons (Fsp3) is 0.200. The predicted octanol–water partition coefficient (Wildman–Crippen LogP) is 1.90. The van der Waals surface area contributed by atoms with Crippen molar-refractivity contribution in [3.05, 3.63) is 24.3 Å². The summed E-state index contributed by atoms with van der Waals surface area (Å²) in [6, 6.07) is 7.71. The third kappa shape index (κ3) is 2.06. The van der Waals surface area contributed by atoms with E-state index in [1.807, 2.05) is 36.2 Å². The van der Waals surface area contributed by atoms with Crippen LogP contribution >= 0.6 is 11.3 Å². The molecule has 0 atom stereocenters. The number of nitrogens with two attached hydrogens (primary N) is 1. The molecule has 0 saturated heterocycles. The maximum absolute atomic E-state index is 5.54. The Kier molecular flexibility index (Phi) is 2.91. The average molecular weight is 236 g/mol. The minimum absolute atomic E-state index is 0.468. The molecule has 5 nitrogen and oxygen atoms in total. The quantitative estimate of drug-likeness (QED) is 0.881. The van der Waals surface area contributed by atoms with Gasteiger partial charge in [0.15, 0.2) is 0 Å². The molecule has 1 aromatic heterocycles. The molecule has 16 heavy (non-hydrogen) atoms. The smallest absolute Gasteiger partial charge is 0.214 e. The first-order valence-corrected chi connectivity index (χ1v) is 5.49. The molecule has 1 aromatic carbocycles. The molecular formula is C10H12N4OS. The first-order valence-electron chi connectivity index (χ1n) is 4.67. The largest absolute Gasteiger partial charge is 0.497 e. The van der Waals surface area contributed by atoms with Crippen LogP contribution in [-0.2, 0) is 0 Å². The highest BCUT2D eigenvalue weighted by atomic mass is 32.1. The van der Waals surface area contributed by atoms with Crippen molar-refractivity contribution < 1.29 is 4.74 Å².